The van der Waals surface area contributed by atoms with E-state index < -0.39 is 6.04 Å². The van der Waals surface area contributed by atoms with Gasteiger partial charge in [0, 0.05) is 18.9 Å². The molecule has 0 saturated carbocycles. The molecule has 1 fully saturated rings. The summed E-state index contributed by atoms with van der Waals surface area (Å²) in [6.07, 6.45) is 4.85. The van der Waals surface area contributed by atoms with E-state index in [-0.39, 0.29) is 11.8 Å². The third-order valence-corrected chi connectivity index (χ3v) is 4.11. The van der Waals surface area contributed by atoms with Gasteiger partial charge in [-0.25, -0.2) is 9.67 Å². The summed E-state index contributed by atoms with van der Waals surface area (Å²) in [7, 11) is 0. The van der Waals surface area contributed by atoms with E-state index in [1.54, 1.807) is 11.0 Å². The lowest BCUT2D eigenvalue weighted by molar-refractivity contribution is -0.119. The first-order chi connectivity index (χ1) is 11.2. The number of amides is 1. The molecule has 23 heavy (non-hydrogen) atoms. The molecule has 122 valence electrons. The van der Waals surface area contributed by atoms with Gasteiger partial charge in [0.2, 0.25) is 5.91 Å². The lowest BCUT2D eigenvalue weighted by Gasteiger charge is -2.26. The van der Waals surface area contributed by atoms with Gasteiger partial charge in [0.1, 0.15) is 12.7 Å². The smallest absolute Gasteiger partial charge is 0.241 e. The predicted octanol–water partition coefficient (Wildman–Crippen LogP) is 1.02. The fraction of sp³-hybridized carbons (Fsp3) is 0.438. The van der Waals surface area contributed by atoms with Crippen molar-refractivity contribution < 1.29 is 9.53 Å². The number of aromatic nitrogens is 3. The largest absolute Gasteiger partial charge is 0.381 e. The van der Waals surface area contributed by atoms with E-state index in [0.717, 1.165) is 24.1 Å². The molecule has 1 atom stereocenters. The molecule has 1 aliphatic heterocycles. The summed E-state index contributed by atoms with van der Waals surface area (Å²) in [4.78, 5) is 16.2. The molecule has 1 unspecified atom stereocenters. The van der Waals surface area contributed by atoms with Crippen molar-refractivity contribution in [2.75, 3.05) is 18.5 Å². The van der Waals surface area contributed by atoms with Gasteiger partial charge in [-0.3, -0.25) is 4.79 Å². The Morgan fingerprint density at radius 2 is 2.09 bits per heavy atom. The van der Waals surface area contributed by atoms with Crippen LogP contribution >= 0.6 is 0 Å². The summed E-state index contributed by atoms with van der Waals surface area (Å²) in [6, 6.07) is 7.17. The SMILES string of the molecule is NC(C(=O)Nc1ccc(Cn2cncn2)cc1)C1CCOCC1. The molecule has 0 aliphatic carbocycles. The second-order valence-corrected chi connectivity index (χ2v) is 5.75. The summed E-state index contributed by atoms with van der Waals surface area (Å²) in [5.74, 6) is 0.0521. The molecule has 0 spiro atoms. The van der Waals surface area contributed by atoms with E-state index in [4.69, 9.17) is 10.5 Å². The molecule has 3 rings (SSSR count). The number of rotatable bonds is 5. The van der Waals surface area contributed by atoms with Crippen molar-refractivity contribution in [3.05, 3.63) is 42.5 Å². The molecular formula is C16H21N5O2. The Bertz CT molecular complexity index is 620. The van der Waals surface area contributed by atoms with Crippen LogP contribution < -0.4 is 11.1 Å². The molecule has 1 aromatic carbocycles. The van der Waals surface area contributed by atoms with Gasteiger partial charge in [0.15, 0.2) is 0 Å². The molecule has 2 heterocycles. The number of ether oxygens (including phenoxy) is 1. The van der Waals surface area contributed by atoms with Crippen molar-refractivity contribution >= 4 is 11.6 Å². The van der Waals surface area contributed by atoms with Gasteiger partial charge in [0.05, 0.1) is 12.6 Å². The Kier molecular flexibility index (Phi) is 4.99. The standard InChI is InChI=1S/C16H21N5O2/c17-15(13-5-7-23-8-6-13)16(22)20-14-3-1-12(2-4-14)9-21-11-18-10-19-21/h1-4,10-11,13,15H,5-9,17H2,(H,20,22). The molecule has 2 aromatic rings. The summed E-state index contributed by atoms with van der Waals surface area (Å²) in [5, 5.41) is 6.95. The zero-order valence-electron chi connectivity index (χ0n) is 12.9. The maximum absolute atomic E-state index is 12.3. The molecule has 3 N–H and O–H groups in total. The average molecular weight is 315 g/mol. The minimum atomic E-state index is -0.492. The summed E-state index contributed by atoms with van der Waals surface area (Å²) in [6.45, 7) is 2.01. The third kappa shape index (κ3) is 4.14. The number of benzene rings is 1. The fourth-order valence-electron chi connectivity index (χ4n) is 2.71. The fourth-order valence-corrected chi connectivity index (χ4v) is 2.71. The van der Waals surface area contributed by atoms with Crippen molar-refractivity contribution in [1.82, 2.24) is 14.8 Å². The summed E-state index contributed by atoms with van der Waals surface area (Å²) >= 11 is 0. The summed E-state index contributed by atoms with van der Waals surface area (Å²) in [5.41, 5.74) is 7.91. The Morgan fingerprint density at radius 1 is 1.35 bits per heavy atom. The van der Waals surface area contributed by atoms with Crippen LogP contribution in [0.3, 0.4) is 0 Å². The topological polar surface area (TPSA) is 95.1 Å². The van der Waals surface area contributed by atoms with Crippen molar-refractivity contribution in [2.24, 2.45) is 11.7 Å². The minimum absolute atomic E-state index is 0.138. The van der Waals surface area contributed by atoms with Gasteiger partial charge in [-0.05, 0) is 36.5 Å². The van der Waals surface area contributed by atoms with E-state index in [2.05, 4.69) is 15.4 Å². The van der Waals surface area contributed by atoms with Crippen LogP contribution in [0.1, 0.15) is 18.4 Å². The predicted molar refractivity (Wildman–Crippen MR) is 85.7 cm³/mol. The van der Waals surface area contributed by atoms with Crippen molar-refractivity contribution in [3.63, 3.8) is 0 Å². The van der Waals surface area contributed by atoms with Crippen LogP contribution in [-0.2, 0) is 16.1 Å². The van der Waals surface area contributed by atoms with Crippen LogP contribution in [0.4, 0.5) is 5.69 Å². The Morgan fingerprint density at radius 3 is 2.74 bits per heavy atom. The van der Waals surface area contributed by atoms with Crippen LogP contribution in [0.5, 0.6) is 0 Å². The third-order valence-electron chi connectivity index (χ3n) is 4.11. The van der Waals surface area contributed by atoms with Gasteiger partial charge >= 0.3 is 0 Å². The Labute approximate surface area is 134 Å². The molecule has 1 saturated heterocycles. The Hall–Kier alpha value is -2.25. The van der Waals surface area contributed by atoms with Crippen LogP contribution in [0, 0.1) is 5.92 Å². The van der Waals surface area contributed by atoms with E-state index in [0.29, 0.717) is 19.8 Å². The van der Waals surface area contributed by atoms with Crippen molar-refractivity contribution in [2.45, 2.75) is 25.4 Å². The normalized spacial score (nSPS) is 16.9. The van der Waals surface area contributed by atoms with Gasteiger partial charge < -0.3 is 15.8 Å². The van der Waals surface area contributed by atoms with Gasteiger partial charge in [-0.15, -0.1) is 0 Å². The van der Waals surface area contributed by atoms with Crippen molar-refractivity contribution in [1.29, 1.82) is 0 Å². The van der Waals surface area contributed by atoms with E-state index in [1.807, 2.05) is 24.3 Å². The first kappa shape index (κ1) is 15.6. The molecule has 0 bridgehead atoms. The lowest BCUT2D eigenvalue weighted by atomic mass is 9.92. The zero-order valence-corrected chi connectivity index (χ0v) is 12.9. The number of hydrogen-bond acceptors (Lipinski definition) is 5. The summed E-state index contributed by atoms with van der Waals surface area (Å²) < 4.78 is 7.05. The number of carbonyl (C=O) groups is 1. The van der Waals surface area contributed by atoms with E-state index in [9.17, 15) is 4.79 Å². The number of anilines is 1. The average Bonchev–Trinajstić information content (AvgIpc) is 3.10. The van der Waals surface area contributed by atoms with Crippen LogP contribution in [-0.4, -0.2) is 39.9 Å². The maximum atomic E-state index is 12.3. The van der Waals surface area contributed by atoms with Gasteiger partial charge in [-0.2, -0.15) is 5.10 Å². The lowest BCUT2D eigenvalue weighted by Crippen LogP contribution is -2.43. The van der Waals surface area contributed by atoms with Crippen molar-refractivity contribution in [3.8, 4) is 0 Å². The molecule has 7 heteroatoms. The minimum Gasteiger partial charge on any atom is -0.381 e. The Balaban J connectivity index is 1.55. The highest BCUT2D eigenvalue weighted by molar-refractivity contribution is 5.94. The van der Waals surface area contributed by atoms with Gasteiger partial charge in [-0.1, -0.05) is 12.1 Å². The van der Waals surface area contributed by atoms with E-state index in [1.165, 1.54) is 6.33 Å². The quantitative estimate of drug-likeness (QED) is 0.859. The molecular weight excluding hydrogens is 294 g/mol. The van der Waals surface area contributed by atoms with Crippen LogP contribution in [0.2, 0.25) is 0 Å². The maximum Gasteiger partial charge on any atom is 0.241 e. The van der Waals surface area contributed by atoms with Crippen LogP contribution in [0.25, 0.3) is 0 Å². The first-order valence-corrected chi connectivity index (χ1v) is 7.78. The number of nitrogens with one attached hydrogen (secondary N) is 1. The molecule has 7 nitrogen and oxygen atoms in total. The number of nitrogens with zero attached hydrogens (tertiary/aromatic N) is 3. The van der Waals surface area contributed by atoms with Gasteiger partial charge in [0.25, 0.3) is 0 Å². The molecule has 1 aliphatic rings. The molecule has 1 amide bonds. The van der Waals surface area contributed by atoms with E-state index >= 15 is 0 Å². The number of nitrogens with two attached hydrogens (primary N) is 1. The van der Waals surface area contributed by atoms with Crippen LogP contribution in [0.15, 0.2) is 36.9 Å². The first-order valence-electron chi connectivity index (χ1n) is 7.78. The second-order valence-electron chi connectivity index (χ2n) is 5.75. The zero-order chi connectivity index (χ0) is 16.1. The highest BCUT2D eigenvalue weighted by Crippen LogP contribution is 2.19. The monoisotopic (exact) mass is 315 g/mol. The highest BCUT2D eigenvalue weighted by Gasteiger charge is 2.26. The number of hydrogen-bond donors (Lipinski definition) is 2. The number of carbonyl (C=O) groups excluding carboxylic acids is 1. The second kappa shape index (κ2) is 7.34. The molecule has 0 radical (unpaired) electrons. The highest BCUT2D eigenvalue weighted by atomic mass is 16.5. The molecule has 1 aromatic heterocycles.